The van der Waals surface area contributed by atoms with Crippen molar-refractivity contribution in [3.05, 3.63) is 30.5 Å². The van der Waals surface area contributed by atoms with E-state index in [1.165, 1.54) is 0 Å². The van der Waals surface area contributed by atoms with Crippen molar-refractivity contribution in [3.63, 3.8) is 0 Å². The molecule has 2 aromatic rings. The minimum Gasteiger partial charge on any atom is -0.369 e. The van der Waals surface area contributed by atoms with Gasteiger partial charge in [0.1, 0.15) is 11.9 Å². The van der Waals surface area contributed by atoms with E-state index in [1.807, 2.05) is 37.1 Å². The zero-order chi connectivity index (χ0) is 15.7. The summed E-state index contributed by atoms with van der Waals surface area (Å²) in [6.45, 7) is 0.661. The lowest BCUT2D eigenvalue weighted by Crippen LogP contribution is -2.39. The van der Waals surface area contributed by atoms with Gasteiger partial charge in [-0.3, -0.25) is 14.4 Å². The standard InChI is InChI=1S/C15H21N5O2/c1-18-9-7-16-14(18)13-11(5-4-10-22-13)15(21)20(3)12-6-8-19(2)17-12/h6-9,11,13H,4-5,10H2,1-3H3/t11-,13-/m1/s1. The Morgan fingerprint density at radius 3 is 2.86 bits per heavy atom. The Labute approximate surface area is 129 Å². The van der Waals surface area contributed by atoms with Crippen LogP contribution in [0.5, 0.6) is 0 Å². The van der Waals surface area contributed by atoms with Crippen molar-refractivity contribution in [2.75, 3.05) is 18.6 Å². The van der Waals surface area contributed by atoms with E-state index >= 15 is 0 Å². The molecule has 0 radical (unpaired) electrons. The Bertz CT molecular complexity index is 662. The summed E-state index contributed by atoms with van der Waals surface area (Å²) >= 11 is 0. The normalized spacial score (nSPS) is 21.8. The SMILES string of the molecule is CN(C(=O)[C@@H]1CCCO[C@H]1c1nccn1C)c1ccn(C)n1. The molecule has 1 aliphatic heterocycles. The van der Waals surface area contributed by atoms with Crippen LogP contribution in [0.4, 0.5) is 5.82 Å². The van der Waals surface area contributed by atoms with Gasteiger partial charge in [0.25, 0.3) is 0 Å². The number of amides is 1. The van der Waals surface area contributed by atoms with Crippen molar-refractivity contribution in [1.29, 1.82) is 0 Å². The number of carbonyl (C=O) groups excluding carboxylic acids is 1. The number of nitrogens with zero attached hydrogens (tertiary/aromatic N) is 5. The first kappa shape index (κ1) is 14.8. The number of aromatic nitrogens is 4. The summed E-state index contributed by atoms with van der Waals surface area (Å²) in [5, 5.41) is 4.29. The monoisotopic (exact) mass is 303 g/mol. The number of aryl methyl sites for hydroxylation is 2. The van der Waals surface area contributed by atoms with Crippen LogP contribution in [0.2, 0.25) is 0 Å². The third-order valence-electron chi connectivity index (χ3n) is 4.13. The van der Waals surface area contributed by atoms with E-state index in [-0.39, 0.29) is 17.9 Å². The minimum atomic E-state index is -0.299. The first-order valence-corrected chi connectivity index (χ1v) is 7.44. The van der Waals surface area contributed by atoms with Gasteiger partial charge in [-0.2, -0.15) is 5.10 Å². The Morgan fingerprint density at radius 1 is 1.41 bits per heavy atom. The molecule has 118 valence electrons. The summed E-state index contributed by atoms with van der Waals surface area (Å²) in [6.07, 6.45) is 6.81. The highest BCUT2D eigenvalue weighted by molar-refractivity contribution is 5.94. The molecule has 2 aromatic heterocycles. The second kappa shape index (κ2) is 5.92. The van der Waals surface area contributed by atoms with Gasteiger partial charge in [0.15, 0.2) is 5.82 Å². The first-order valence-electron chi connectivity index (χ1n) is 7.44. The average Bonchev–Trinajstić information content (AvgIpc) is 3.14. The van der Waals surface area contributed by atoms with E-state index in [1.54, 1.807) is 22.8 Å². The number of hydrogen-bond acceptors (Lipinski definition) is 4. The van der Waals surface area contributed by atoms with Gasteiger partial charge in [-0.05, 0) is 12.8 Å². The molecule has 1 amide bonds. The molecule has 7 heteroatoms. The molecule has 0 aliphatic carbocycles. The van der Waals surface area contributed by atoms with Crippen LogP contribution in [0.15, 0.2) is 24.7 Å². The van der Waals surface area contributed by atoms with Gasteiger partial charge in [0.05, 0.1) is 5.92 Å². The van der Waals surface area contributed by atoms with Crippen LogP contribution in [-0.2, 0) is 23.6 Å². The summed E-state index contributed by atoms with van der Waals surface area (Å²) in [7, 11) is 5.52. The van der Waals surface area contributed by atoms with Crippen LogP contribution in [0, 0.1) is 5.92 Å². The Balaban J connectivity index is 1.84. The molecule has 1 aliphatic rings. The Morgan fingerprint density at radius 2 is 2.23 bits per heavy atom. The number of carbonyl (C=O) groups is 1. The molecule has 0 unspecified atom stereocenters. The van der Waals surface area contributed by atoms with Gasteiger partial charge in [-0.25, -0.2) is 4.98 Å². The van der Waals surface area contributed by atoms with Crippen molar-refractivity contribution >= 4 is 11.7 Å². The molecule has 0 N–H and O–H groups in total. The van der Waals surface area contributed by atoms with Gasteiger partial charge in [0, 0.05) is 52.4 Å². The molecule has 3 rings (SSSR count). The highest BCUT2D eigenvalue weighted by Crippen LogP contribution is 2.34. The van der Waals surface area contributed by atoms with E-state index in [9.17, 15) is 4.79 Å². The minimum absolute atomic E-state index is 0.0198. The predicted octanol–water partition coefficient (Wildman–Crippen LogP) is 1.28. The third-order valence-corrected chi connectivity index (χ3v) is 4.13. The average molecular weight is 303 g/mol. The van der Waals surface area contributed by atoms with Crippen LogP contribution in [0.25, 0.3) is 0 Å². The van der Waals surface area contributed by atoms with E-state index < -0.39 is 0 Å². The highest BCUT2D eigenvalue weighted by Gasteiger charge is 2.37. The fourth-order valence-corrected chi connectivity index (χ4v) is 2.88. The van der Waals surface area contributed by atoms with Crippen LogP contribution < -0.4 is 4.90 Å². The quantitative estimate of drug-likeness (QED) is 0.857. The fourth-order valence-electron chi connectivity index (χ4n) is 2.88. The van der Waals surface area contributed by atoms with Gasteiger partial charge < -0.3 is 9.30 Å². The number of hydrogen-bond donors (Lipinski definition) is 0. The fraction of sp³-hybridized carbons (Fsp3) is 0.533. The molecule has 2 atom stereocenters. The zero-order valence-electron chi connectivity index (χ0n) is 13.1. The molecule has 0 aromatic carbocycles. The molecule has 3 heterocycles. The highest BCUT2D eigenvalue weighted by atomic mass is 16.5. The molecule has 0 bridgehead atoms. The second-order valence-corrected chi connectivity index (χ2v) is 5.68. The summed E-state index contributed by atoms with van der Waals surface area (Å²) in [5.74, 6) is 1.23. The van der Waals surface area contributed by atoms with Crippen LogP contribution in [0.1, 0.15) is 24.8 Å². The van der Waals surface area contributed by atoms with Gasteiger partial charge >= 0.3 is 0 Å². The maximum absolute atomic E-state index is 12.9. The van der Waals surface area contributed by atoms with Crippen LogP contribution in [0.3, 0.4) is 0 Å². The summed E-state index contributed by atoms with van der Waals surface area (Å²) in [6, 6.07) is 1.83. The lowest BCUT2D eigenvalue weighted by atomic mass is 9.92. The lowest BCUT2D eigenvalue weighted by Gasteiger charge is -2.32. The van der Waals surface area contributed by atoms with Crippen molar-refractivity contribution < 1.29 is 9.53 Å². The van der Waals surface area contributed by atoms with Crippen molar-refractivity contribution in [2.24, 2.45) is 20.0 Å². The summed E-state index contributed by atoms with van der Waals surface area (Å²) < 4.78 is 9.47. The van der Waals surface area contributed by atoms with Gasteiger partial charge in [-0.15, -0.1) is 0 Å². The Hall–Kier alpha value is -2.15. The van der Waals surface area contributed by atoms with Crippen molar-refractivity contribution in [1.82, 2.24) is 19.3 Å². The molecule has 22 heavy (non-hydrogen) atoms. The smallest absolute Gasteiger partial charge is 0.234 e. The number of rotatable bonds is 3. The number of imidazole rings is 1. The molecule has 7 nitrogen and oxygen atoms in total. The van der Waals surface area contributed by atoms with Crippen molar-refractivity contribution in [2.45, 2.75) is 18.9 Å². The molecule has 1 saturated heterocycles. The molecule has 1 fully saturated rings. The second-order valence-electron chi connectivity index (χ2n) is 5.68. The largest absolute Gasteiger partial charge is 0.369 e. The lowest BCUT2D eigenvalue weighted by molar-refractivity contribution is -0.132. The van der Waals surface area contributed by atoms with Crippen LogP contribution >= 0.6 is 0 Å². The number of ether oxygens (including phenoxy) is 1. The van der Waals surface area contributed by atoms with E-state index in [0.29, 0.717) is 12.4 Å². The van der Waals surface area contributed by atoms with E-state index in [4.69, 9.17) is 4.74 Å². The van der Waals surface area contributed by atoms with Gasteiger partial charge in [0.2, 0.25) is 5.91 Å². The Kier molecular flexibility index (Phi) is 3.98. The summed E-state index contributed by atoms with van der Waals surface area (Å²) in [5.41, 5.74) is 0. The predicted molar refractivity (Wildman–Crippen MR) is 81.2 cm³/mol. The number of anilines is 1. The maximum atomic E-state index is 12.9. The topological polar surface area (TPSA) is 65.2 Å². The van der Waals surface area contributed by atoms with Gasteiger partial charge in [-0.1, -0.05) is 0 Å². The zero-order valence-corrected chi connectivity index (χ0v) is 13.1. The van der Waals surface area contributed by atoms with E-state index in [0.717, 1.165) is 18.7 Å². The third kappa shape index (κ3) is 2.64. The maximum Gasteiger partial charge on any atom is 0.234 e. The van der Waals surface area contributed by atoms with Crippen molar-refractivity contribution in [3.8, 4) is 0 Å². The van der Waals surface area contributed by atoms with Crippen LogP contribution in [-0.4, -0.2) is 38.9 Å². The molecular formula is C15H21N5O2. The first-order chi connectivity index (χ1) is 10.6. The molecule has 0 spiro atoms. The summed E-state index contributed by atoms with van der Waals surface area (Å²) in [4.78, 5) is 18.8. The molecule has 0 saturated carbocycles. The molecular weight excluding hydrogens is 282 g/mol. The van der Waals surface area contributed by atoms with E-state index in [2.05, 4.69) is 10.1 Å².